The molecule has 2 heterocycles. The second kappa shape index (κ2) is 7.29. The van der Waals surface area contributed by atoms with E-state index in [-0.39, 0.29) is 29.0 Å². The molecule has 2 atom stereocenters. The molecule has 0 aliphatic carbocycles. The number of amidine groups is 1. The van der Waals surface area contributed by atoms with Crippen LogP contribution in [0.1, 0.15) is 5.56 Å². The Morgan fingerprint density at radius 1 is 1.11 bits per heavy atom. The molecule has 0 spiro atoms. The molecular formula is C19H16F2N2O3S2. The van der Waals surface area contributed by atoms with Gasteiger partial charge in [0.1, 0.15) is 11.6 Å². The number of hydrogen-bond acceptors (Lipinski definition) is 4. The van der Waals surface area contributed by atoms with Gasteiger partial charge in [-0.15, -0.1) is 0 Å². The zero-order chi connectivity index (χ0) is 19.9. The van der Waals surface area contributed by atoms with Gasteiger partial charge in [-0.25, -0.2) is 17.2 Å². The molecule has 0 aromatic heterocycles. The second-order valence-corrected chi connectivity index (χ2v) is 10.1. The summed E-state index contributed by atoms with van der Waals surface area (Å²) in [5, 5.41) is 0.105. The number of anilines is 1. The lowest BCUT2D eigenvalue weighted by atomic mass is 10.1. The minimum absolute atomic E-state index is 0.000673. The van der Waals surface area contributed by atoms with Gasteiger partial charge in [-0.2, -0.15) is 4.99 Å². The summed E-state index contributed by atoms with van der Waals surface area (Å²) in [6, 6.07) is 11.0. The first-order chi connectivity index (χ1) is 13.3. The third-order valence-electron chi connectivity index (χ3n) is 4.64. The molecule has 2 aromatic rings. The highest BCUT2D eigenvalue weighted by molar-refractivity contribution is 8.16. The van der Waals surface area contributed by atoms with Crippen molar-refractivity contribution in [3.8, 4) is 0 Å². The van der Waals surface area contributed by atoms with E-state index in [1.54, 1.807) is 11.0 Å². The van der Waals surface area contributed by atoms with E-state index in [0.717, 1.165) is 0 Å². The molecule has 146 valence electrons. The van der Waals surface area contributed by atoms with Gasteiger partial charge in [0.05, 0.1) is 24.0 Å². The number of halogens is 2. The summed E-state index contributed by atoms with van der Waals surface area (Å²) in [5.74, 6) is -1.34. The zero-order valence-electron chi connectivity index (χ0n) is 14.6. The van der Waals surface area contributed by atoms with Gasteiger partial charge in [0.15, 0.2) is 15.0 Å². The lowest BCUT2D eigenvalue weighted by Crippen LogP contribution is -2.37. The molecule has 2 aliphatic heterocycles. The van der Waals surface area contributed by atoms with E-state index in [2.05, 4.69) is 4.99 Å². The van der Waals surface area contributed by atoms with E-state index in [1.807, 2.05) is 0 Å². The first-order valence-electron chi connectivity index (χ1n) is 8.58. The SMILES string of the molecule is O=C(Cc1ccc(F)cc1)N=C1S[C@H]2CS(=O)(=O)C[C@@H]2N1c1cccc(F)c1. The van der Waals surface area contributed by atoms with Gasteiger partial charge in [0, 0.05) is 10.9 Å². The van der Waals surface area contributed by atoms with Crippen molar-refractivity contribution in [2.24, 2.45) is 4.99 Å². The Balaban J connectivity index is 1.63. The Bertz CT molecular complexity index is 1060. The smallest absolute Gasteiger partial charge is 0.252 e. The minimum Gasteiger partial charge on any atom is -0.315 e. The Morgan fingerprint density at radius 2 is 1.86 bits per heavy atom. The number of benzene rings is 2. The summed E-state index contributed by atoms with van der Waals surface area (Å²) in [7, 11) is -3.19. The Hall–Kier alpha value is -2.26. The van der Waals surface area contributed by atoms with Crippen LogP contribution in [0, 0.1) is 11.6 Å². The molecule has 2 aliphatic rings. The van der Waals surface area contributed by atoms with E-state index in [0.29, 0.717) is 16.4 Å². The van der Waals surface area contributed by atoms with Gasteiger partial charge < -0.3 is 4.90 Å². The Labute approximate surface area is 165 Å². The van der Waals surface area contributed by atoms with Gasteiger partial charge in [-0.1, -0.05) is 30.0 Å². The molecule has 0 radical (unpaired) electrons. The van der Waals surface area contributed by atoms with Crippen LogP contribution in [0.15, 0.2) is 53.5 Å². The average molecular weight is 422 g/mol. The number of carbonyl (C=O) groups is 1. The van der Waals surface area contributed by atoms with Gasteiger partial charge in [0.2, 0.25) is 0 Å². The van der Waals surface area contributed by atoms with Crippen molar-refractivity contribution >= 4 is 38.4 Å². The molecule has 5 nitrogen and oxygen atoms in total. The number of rotatable bonds is 3. The highest BCUT2D eigenvalue weighted by atomic mass is 32.2. The summed E-state index contributed by atoms with van der Waals surface area (Å²) in [6.07, 6.45) is -0.00500. The monoisotopic (exact) mass is 422 g/mol. The standard InChI is InChI=1S/C19H16F2N2O3S2/c20-13-6-4-12(5-7-13)8-18(24)22-19-23(15-3-1-2-14(21)9-15)16-10-28(25,26)11-17(16)27-19/h1-7,9,16-17H,8,10-11H2/t16-,17-/m0/s1. The zero-order valence-corrected chi connectivity index (χ0v) is 16.2. The first kappa shape index (κ1) is 19.1. The molecule has 2 fully saturated rings. The molecule has 0 bridgehead atoms. The number of thioether (sulfide) groups is 1. The predicted molar refractivity (Wildman–Crippen MR) is 105 cm³/mol. The number of amides is 1. The van der Waals surface area contributed by atoms with Crippen LogP contribution in [0.4, 0.5) is 14.5 Å². The van der Waals surface area contributed by atoms with Gasteiger partial charge in [0.25, 0.3) is 5.91 Å². The van der Waals surface area contributed by atoms with Crippen molar-refractivity contribution in [1.82, 2.24) is 0 Å². The number of aliphatic imine (C=N–C) groups is 1. The van der Waals surface area contributed by atoms with Gasteiger partial charge in [-0.3, -0.25) is 4.79 Å². The predicted octanol–water partition coefficient (Wildman–Crippen LogP) is 2.81. The van der Waals surface area contributed by atoms with Crippen LogP contribution in [-0.4, -0.2) is 42.3 Å². The largest absolute Gasteiger partial charge is 0.315 e. The molecule has 0 unspecified atom stereocenters. The number of fused-ring (bicyclic) bond motifs is 1. The van der Waals surface area contributed by atoms with Crippen molar-refractivity contribution in [1.29, 1.82) is 0 Å². The van der Waals surface area contributed by atoms with Crippen LogP contribution >= 0.6 is 11.8 Å². The molecule has 4 rings (SSSR count). The summed E-state index contributed by atoms with van der Waals surface area (Å²) in [4.78, 5) is 18.2. The quantitative estimate of drug-likeness (QED) is 0.761. The number of carbonyl (C=O) groups excluding carboxylic acids is 1. The fourth-order valence-electron chi connectivity index (χ4n) is 3.42. The van der Waals surface area contributed by atoms with Crippen LogP contribution < -0.4 is 4.90 Å². The lowest BCUT2D eigenvalue weighted by Gasteiger charge is -2.24. The summed E-state index contributed by atoms with van der Waals surface area (Å²) in [5.41, 5.74) is 1.09. The first-order valence-corrected chi connectivity index (χ1v) is 11.3. The Morgan fingerprint density at radius 3 is 2.57 bits per heavy atom. The van der Waals surface area contributed by atoms with Gasteiger partial charge >= 0.3 is 0 Å². The maximum absolute atomic E-state index is 13.7. The minimum atomic E-state index is -3.19. The fraction of sp³-hybridized carbons (Fsp3) is 0.263. The van der Waals surface area contributed by atoms with E-state index in [9.17, 15) is 22.0 Å². The van der Waals surface area contributed by atoms with Crippen molar-refractivity contribution in [2.45, 2.75) is 17.7 Å². The van der Waals surface area contributed by atoms with Crippen molar-refractivity contribution in [3.63, 3.8) is 0 Å². The maximum Gasteiger partial charge on any atom is 0.252 e. The molecule has 2 saturated heterocycles. The molecule has 0 saturated carbocycles. The van der Waals surface area contributed by atoms with E-state index in [1.165, 1.54) is 54.2 Å². The van der Waals surface area contributed by atoms with Crippen molar-refractivity contribution in [2.75, 3.05) is 16.4 Å². The average Bonchev–Trinajstić information content (AvgIpc) is 3.07. The molecule has 9 heteroatoms. The molecule has 2 aromatic carbocycles. The Kier molecular flexibility index (Phi) is 4.96. The molecule has 0 N–H and O–H groups in total. The van der Waals surface area contributed by atoms with Crippen LogP contribution in [0.2, 0.25) is 0 Å². The molecule has 28 heavy (non-hydrogen) atoms. The van der Waals surface area contributed by atoms with Crippen LogP contribution in [0.25, 0.3) is 0 Å². The summed E-state index contributed by atoms with van der Waals surface area (Å²) >= 11 is 1.23. The van der Waals surface area contributed by atoms with Gasteiger partial charge in [-0.05, 0) is 35.9 Å². The van der Waals surface area contributed by atoms with Crippen molar-refractivity contribution < 1.29 is 22.0 Å². The summed E-state index contributed by atoms with van der Waals surface area (Å²) < 4.78 is 50.8. The van der Waals surface area contributed by atoms with E-state index in [4.69, 9.17) is 0 Å². The maximum atomic E-state index is 13.7. The van der Waals surface area contributed by atoms with Crippen molar-refractivity contribution in [3.05, 3.63) is 65.7 Å². The molecule has 1 amide bonds. The normalized spacial score (nSPS) is 24.5. The molecular weight excluding hydrogens is 406 g/mol. The number of hydrogen-bond donors (Lipinski definition) is 0. The third kappa shape index (κ3) is 3.95. The van der Waals surface area contributed by atoms with Crippen LogP contribution in [0.5, 0.6) is 0 Å². The topological polar surface area (TPSA) is 66.8 Å². The number of sulfone groups is 1. The van der Waals surface area contributed by atoms with Crippen LogP contribution in [-0.2, 0) is 21.1 Å². The number of nitrogens with zero attached hydrogens (tertiary/aromatic N) is 2. The lowest BCUT2D eigenvalue weighted by molar-refractivity contribution is -0.117. The third-order valence-corrected chi connectivity index (χ3v) is 7.85. The summed E-state index contributed by atoms with van der Waals surface area (Å²) in [6.45, 7) is 0. The highest BCUT2D eigenvalue weighted by Gasteiger charge is 2.49. The highest BCUT2D eigenvalue weighted by Crippen LogP contribution is 2.41. The van der Waals surface area contributed by atoms with E-state index >= 15 is 0 Å². The fourth-order valence-corrected chi connectivity index (χ4v) is 7.35. The second-order valence-electron chi connectivity index (χ2n) is 6.74. The van der Waals surface area contributed by atoms with E-state index < -0.39 is 27.6 Å². The van der Waals surface area contributed by atoms with Crippen LogP contribution in [0.3, 0.4) is 0 Å².